The van der Waals surface area contributed by atoms with E-state index < -0.39 is 0 Å². The second-order valence-electron chi connectivity index (χ2n) is 10.4. The Hall–Kier alpha value is -2.65. The molecule has 0 aliphatic carbocycles. The quantitative estimate of drug-likeness (QED) is 0.613. The van der Waals surface area contributed by atoms with E-state index in [1.165, 1.54) is 0 Å². The van der Waals surface area contributed by atoms with E-state index in [4.69, 9.17) is 14.5 Å². The van der Waals surface area contributed by atoms with Gasteiger partial charge in [-0.1, -0.05) is 11.3 Å². The van der Waals surface area contributed by atoms with Crippen LogP contribution in [-0.4, -0.2) is 51.3 Å². The summed E-state index contributed by atoms with van der Waals surface area (Å²) in [7, 11) is 5.66. The van der Waals surface area contributed by atoms with E-state index in [-0.39, 0.29) is 11.1 Å². The molecule has 0 bridgehead atoms. The lowest BCUT2D eigenvalue weighted by atomic mass is 9.79. The lowest BCUT2D eigenvalue weighted by Gasteiger charge is -2.48. The van der Waals surface area contributed by atoms with Crippen molar-refractivity contribution in [1.29, 1.82) is 0 Å². The summed E-state index contributed by atoms with van der Waals surface area (Å²) in [5.74, 6) is 1.48. The number of ether oxygens (including phenoxy) is 2. The third-order valence-corrected chi connectivity index (χ3v) is 7.67. The molecule has 3 aromatic rings. The molecule has 0 unspecified atom stereocenters. The maximum Gasteiger partial charge on any atom is 0.234 e. The minimum Gasteiger partial charge on any atom is -0.496 e. The standard InChI is InChI=1S/C24H32N6O2S/c1-23(2)10-15(11-24(3,4)28-23)29(5)22-26-21-20(33-22)16-9-19(31-7)17(8-14(16)13-32-21)18-12-25-30(6)27-18/h8-9,12,15,28H,10-11,13H2,1-7H3. The van der Waals surface area contributed by atoms with Gasteiger partial charge in [-0.25, -0.2) is 0 Å². The van der Waals surface area contributed by atoms with Crippen LogP contribution in [0.4, 0.5) is 5.13 Å². The molecule has 0 spiro atoms. The van der Waals surface area contributed by atoms with Gasteiger partial charge in [0.1, 0.15) is 22.9 Å². The van der Waals surface area contributed by atoms with Crippen LogP contribution in [0.15, 0.2) is 18.3 Å². The van der Waals surface area contributed by atoms with Crippen LogP contribution < -0.4 is 19.7 Å². The molecular formula is C24H32N6O2S. The first-order chi connectivity index (χ1) is 15.5. The van der Waals surface area contributed by atoms with Crippen molar-refractivity contribution in [3.05, 3.63) is 23.9 Å². The van der Waals surface area contributed by atoms with Gasteiger partial charge in [0, 0.05) is 42.3 Å². The number of hydrogen-bond donors (Lipinski definition) is 1. The van der Waals surface area contributed by atoms with Gasteiger partial charge in [-0.2, -0.15) is 20.0 Å². The number of fused-ring (bicyclic) bond motifs is 3. The minimum atomic E-state index is 0.0742. The van der Waals surface area contributed by atoms with Gasteiger partial charge in [0.15, 0.2) is 5.13 Å². The fraction of sp³-hybridized carbons (Fsp3) is 0.542. The van der Waals surface area contributed by atoms with Crippen LogP contribution in [0.2, 0.25) is 0 Å². The molecule has 5 rings (SSSR count). The Balaban J connectivity index is 1.50. The van der Waals surface area contributed by atoms with Crippen molar-refractivity contribution in [2.75, 3.05) is 19.1 Å². The van der Waals surface area contributed by atoms with Crippen molar-refractivity contribution < 1.29 is 9.47 Å². The van der Waals surface area contributed by atoms with E-state index in [2.05, 4.69) is 67.3 Å². The molecule has 0 saturated carbocycles. The normalized spacial score (nSPS) is 18.9. The molecule has 0 radical (unpaired) electrons. The molecule has 1 fully saturated rings. The van der Waals surface area contributed by atoms with Crippen molar-refractivity contribution in [1.82, 2.24) is 25.3 Å². The highest BCUT2D eigenvalue weighted by molar-refractivity contribution is 7.19. The van der Waals surface area contributed by atoms with Gasteiger partial charge in [0.25, 0.3) is 0 Å². The van der Waals surface area contributed by atoms with E-state index in [1.807, 2.05) is 7.05 Å². The first-order valence-corrected chi connectivity index (χ1v) is 12.1. The summed E-state index contributed by atoms with van der Waals surface area (Å²) in [6.07, 6.45) is 3.87. The molecule has 0 amide bonds. The van der Waals surface area contributed by atoms with Gasteiger partial charge in [-0.05, 0) is 58.2 Å². The number of aryl methyl sites for hydroxylation is 1. The Bertz CT molecular complexity index is 1180. The van der Waals surface area contributed by atoms with Crippen LogP contribution >= 0.6 is 11.3 Å². The number of piperidine rings is 1. The molecule has 33 heavy (non-hydrogen) atoms. The highest BCUT2D eigenvalue weighted by Crippen LogP contribution is 2.48. The summed E-state index contributed by atoms with van der Waals surface area (Å²) in [5.41, 5.74) is 4.06. The van der Waals surface area contributed by atoms with Crippen LogP contribution in [0.1, 0.15) is 46.1 Å². The van der Waals surface area contributed by atoms with Gasteiger partial charge in [0.2, 0.25) is 5.88 Å². The number of hydrogen-bond acceptors (Lipinski definition) is 8. The Morgan fingerprint density at radius 2 is 1.91 bits per heavy atom. The summed E-state index contributed by atoms with van der Waals surface area (Å²) in [5, 5.41) is 13.4. The smallest absolute Gasteiger partial charge is 0.234 e. The van der Waals surface area contributed by atoms with Crippen LogP contribution in [-0.2, 0) is 13.7 Å². The number of rotatable bonds is 4. The summed E-state index contributed by atoms with van der Waals surface area (Å²) < 4.78 is 11.8. The summed E-state index contributed by atoms with van der Waals surface area (Å²) >= 11 is 1.69. The summed E-state index contributed by atoms with van der Waals surface area (Å²) in [6.45, 7) is 9.59. The SMILES string of the molecule is COc1cc2c(cc1-c1cnn(C)n1)COc1nc(N(C)C3CC(C)(C)NC(C)(C)C3)sc1-2. The number of thiazole rings is 1. The van der Waals surface area contributed by atoms with Crippen LogP contribution in [0.25, 0.3) is 21.7 Å². The minimum absolute atomic E-state index is 0.0742. The average molecular weight is 469 g/mol. The summed E-state index contributed by atoms with van der Waals surface area (Å²) in [4.78, 5) is 9.83. The third-order valence-electron chi connectivity index (χ3n) is 6.51. The van der Waals surface area contributed by atoms with Crippen LogP contribution in [0, 0.1) is 0 Å². The molecule has 176 valence electrons. The zero-order valence-electron chi connectivity index (χ0n) is 20.4. The highest BCUT2D eigenvalue weighted by atomic mass is 32.1. The molecule has 1 aromatic carbocycles. The molecule has 0 atom stereocenters. The maximum absolute atomic E-state index is 6.10. The number of benzene rings is 1. The number of methoxy groups -OCH3 is 1. The monoisotopic (exact) mass is 468 g/mol. The molecular weight excluding hydrogens is 436 g/mol. The molecule has 2 aliphatic heterocycles. The predicted octanol–water partition coefficient (Wildman–Crippen LogP) is 4.25. The van der Waals surface area contributed by atoms with Crippen molar-refractivity contribution in [3.8, 4) is 33.3 Å². The maximum atomic E-state index is 6.10. The zero-order valence-corrected chi connectivity index (χ0v) is 21.2. The van der Waals surface area contributed by atoms with Crippen molar-refractivity contribution in [2.24, 2.45) is 7.05 Å². The number of anilines is 1. The van der Waals surface area contributed by atoms with Crippen molar-refractivity contribution in [2.45, 2.75) is 64.3 Å². The lowest BCUT2D eigenvalue weighted by molar-refractivity contribution is 0.161. The van der Waals surface area contributed by atoms with Gasteiger partial charge in [-0.15, -0.1) is 0 Å². The Morgan fingerprint density at radius 3 is 2.55 bits per heavy atom. The van der Waals surface area contributed by atoms with Crippen molar-refractivity contribution >= 4 is 16.5 Å². The van der Waals surface area contributed by atoms with E-state index in [0.29, 0.717) is 18.5 Å². The third kappa shape index (κ3) is 4.08. The number of nitrogens with one attached hydrogen (secondary N) is 1. The molecule has 2 aliphatic rings. The number of nitrogens with zero attached hydrogens (tertiary/aromatic N) is 5. The van der Waals surface area contributed by atoms with E-state index >= 15 is 0 Å². The second kappa shape index (κ2) is 7.70. The van der Waals surface area contributed by atoms with Crippen LogP contribution in [0.5, 0.6) is 11.6 Å². The van der Waals surface area contributed by atoms with E-state index in [0.717, 1.165) is 51.0 Å². The first-order valence-electron chi connectivity index (χ1n) is 11.3. The summed E-state index contributed by atoms with van der Waals surface area (Å²) in [6, 6.07) is 4.58. The Kier molecular flexibility index (Phi) is 5.17. The van der Waals surface area contributed by atoms with Crippen molar-refractivity contribution in [3.63, 3.8) is 0 Å². The van der Waals surface area contributed by atoms with Gasteiger partial charge < -0.3 is 19.7 Å². The first kappa shape index (κ1) is 22.2. The Labute approximate surface area is 198 Å². The molecule has 4 heterocycles. The van der Waals surface area contributed by atoms with Gasteiger partial charge >= 0.3 is 0 Å². The van der Waals surface area contributed by atoms with Gasteiger partial charge in [-0.3, -0.25) is 0 Å². The predicted molar refractivity (Wildman–Crippen MR) is 131 cm³/mol. The molecule has 1 saturated heterocycles. The van der Waals surface area contributed by atoms with E-state index in [9.17, 15) is 0 Å². The highest BCUT2D eigenvalue weighted by Gasteiger charge is 2.40. The molecule has 8 nitrogen and oxygen atoms in total. The van der Waals surface area contributed by atoms with Crippen LogP contribution in [0.3, 0.4) is 0 Å². The largest absolute Gasteiger partial charge is 0.496 e. The fourth-order valence-electron chi connectivity index (χ4n) is 5.35. The molecule has 9 heteroatoms. The van der Waals surface area contributed by atoms with E-state index in [1.54, 1.807) is 29.4 Å². The second-order valence-corrected chi connectivity index (χ2v) is 11.4. The average Bonchev–Trinajstić information content (AvgIpc) is 3.36. The lowest BCUT2D eigenvalue weighted by Crippen LogP contribution is -2.61. The fourth-order valence-corrected chi connectivity index (χ4v) is 6.45. The number of aromatic nitrogens is 4. The topological polar surface area (TPSA) is 77.3 Å². The van der Waals surface area contributed by atoms with Gasteiger partial charge in [0.05, 0.1) is 13.3 Å². The Morgan fingerprint density at radius 1 is 1.18 bits per heavy atom. The zero-order chi connectivity index (χ0) is 23.5. The molecule has 2 aromatic heterocycles. The molecule has 1 N–H and O–H groups in total.